The minimum absolute atomic E-state index is 0.171. The van der Waals surface area contributed by atoms with Gasteiger partial charge in [0.25, 0.3) is 0 Å². The van der Waals surface area contributed by atoms with Crippen molar-refractivity contribution >= 4 is 0 Å². The summed E-state index contributed by atoms with van der Waals surface area (Å²) in [6.07, 6.45) is 11.9. The lowest BCUT2D eigenvalue weighted by Gasteiger charge is -2.47. The number of hydrogen-bond acceptors (Lipinski definition) is 3. The fraction of sp³-hybridized carbons (Fsp3) is 0.647. The van der Waals surface area contributed by atoms with E-state index in [2.05, 4.69) is 105 Å². The summed E-state index contributed by atoms with van der Waals surface area (Å²) < 4.78 is 0. The summed E-state index contributed by atoms with van der Waals surface area (Å²) in [4.78, 5) is 0. The number of piperidine rings is 1. The smallest absolute Gasteiger partial charge is 0.0233 e. The predicted octanol–water partition coefficient (Wildman–Crippen LogP) is 7.36. The zero-order chi connectivity index (χ0) is 26.3. The van der Waals surface area contributed by atoms with E-state index >= 15 is 0 Å². The zero-order valence-corrected chi connectivity index (χ0v) is 24.3. The van der Waals surface area contributed by atoms with E-state index in [9.17, 15) is 0 Å². The maximum Gasteiger partial charge on any atom is 0.0233 e. The van der Waals surface area contributed by atoms with Gasteiger partial charge in [-0.3, -0.25) is 0 Å². The van der Waals surface area contributed by atoms with E-state index in [-0.39, 0.29) is 11.1 Å². The van der Waals surface area contributed by atoms with Gasteiger partial charge in [-0.15, -0.1) is 0 Å². The summed E-state index contributed by atoms with van der Waals surface area (Å²) in [6, 6.07) is 21.0. The van der Waals surface area contributed by atoms with E-state index in [0.29, 0.717) is 12.1 Å². The minimum atomic E-state index is 0.171. The Morgan fingerprint density at radius 3 is 2.05 bits per heavy atom. The third-order valence-electron chi connectivity index (χ3n) is 8.90. The highest BCUT2D eigenvalue weighted by Gasteiger charge is 2.37. The van der Waals surface area contributed by atoms with Crippen molar-refractivity contribution in [1.82, 2.24) is 16.0 Å². The van der Waals surface area contributed by atoms with E-state index in [4.69, 9.17) is 0 Å². The molecule has 1 aliphatic heterocycles. The van der Waals surface area contributed by atoms with Crippen molar-refractivity contribution in [2.75, 3.05) is 13.1 Å². The van der Waals surface area contributed by atoms with Crippen LogP contribution in [-0.2, 0) is 6.42 Å². The molecule has 2 atom stereocenters. The number of nitrogens with one attached hydrogen (secondary N) is 3. The molecule has 4 rings (SSSR count). The van der Waals surface area contributed by atoms with Gasteiger partial charge >= 0.3 is 0 Å². The summed E-state index contributed by atoms with van der Waals surface area (Å²) in [5.74, 6) is 1.72. The molecule has 37 heavy (non-hydrogen) atoms. The zero-order valence-electron chi connectivity index (χ0n) is 24.3. The monoisotopic (exact) mass is 503 g/mol. The van der Waals surface area contributed by atoms with E-state index in [1.165, 1.54) is 68.1 Å². The molecule has 3 N–H and O–H groups in total. The van der Waals surface area contributed by atoms with Crippen molar-refractivity contribution < 1.29 is 0 Å². The minimum Gasteiger partial charge on any atom is -0.312 e. The normalized spacial score (nSPS) is 22.0. The number of benzene rings is 2. The van der Waals surface area contributed by atoms with Crippen LogP contribution in [0.3, 0.4) is 0 Å². The van der Waals surface area contributed by atoms with Crippen LogP contribution < -0.4 is 16.0 Å². The standard InChI is InChI=1S/C34H53N3/c1-6-27(28-13-9-7-10-14-28)24-35-31(25-36-32-22-33(2,3)37-34(4,5)23-32)21-26-17-19-30(20-18-26)29-15-11-8-12-16-29/h8,11-12,15-20,27-28,31-32,35-37H,6-7,9-10,13-14,21-25H2,1-5H3. The first-order chi connectivity index (χ1) is 17.7. The Labute approximate surface area is 227 Å². The van der Waals surface area contributed by atoms with Crippen LogP contribution >= 0.6 is 0 Å². The first kappa shape index (κ1) is 28.3. The molecule has 2 aromatic carbocycles. The molecule has 0 aromatic heterocycles. The van der Waals surface area contributed by atoms with Crippen LogP contribution in [0, 0.1) is 11.8 Å². The molecule has 3 nitrogen and oxygen atoms in total. The van der Waals surface area contributed by atoms with Gasteiger partial charge in [0.15, 0.2) is 0 Å². The molecule has 204 valence electrons. The second-order valence-corrected chi connectivity index (χ2v) is 13.3. The third-order valence-corrected chi connectivity index (χ3v) is 8.90. The maximum absolute atomic E-state index is 4.07. The molecule has 2 fully saturated rings. The molecule has 2 aromatic rings. The molecular formula is C34H53N3. The van der Waals surface area contributed by atoms with Crippen molar-refractivity contribution in [2.45, 2.75) is 116 Å². The lowest BCUT2D eigenvalue weighted by molar-refractivity contribution is 0.144. The highest BCUT2D eigenvalue weighted by Crippen LogP contribution is 2.32. The van der Waals surface area contributed by atoms with E-state index < -0.39 is 0 Å². The van der Waals surface area contributed by atoms with Gasteiger partial charge in [0.05, 0.1) is 0 Å². The number of hydrogen-bond donors (Lipinski definition) is 3. The van der Waals surface area contributed by atoms with Gasteiger partial charge in [-0.2, -0.15) is 0 Å². The molecule has 1 aliphatic carbocycles. The molecule has 2 aliphatic rings. The van der Waals surface area contributed by atoms with Crippen LogP contribution in [0.1, 0.15) is 91.5 Å². The van der Waals surface area contributed by atoms with Crippen LogP contribution in [0.25, 0.3) is 11.1 Å². The molecule has 0 radical (unpaired) electrons. The Hall–Kier alpha value is -1.68. The summed E-state index contributed by atoms with van der Waals surface area (Å²) in [6.45, 7) is 14.0. The van der Waals surface area contributed by atoms with Crippen molar-refractivity contribution in [2.24, 2.45) is 11.8 Å². The quantitative estimate of drug-likeness (QED) is 0.300. The average molecular weight is 504 g/mol. The SMILES string of the molecule is CCC(CNC(CNC1CC(C)(C)NC(C)(C)C1)Cc1ccc(-c2ccccc2)cc1)C1CCCCC1. The molecule has 0 bridgehead atoms. The summed E-state index contributed by atoms with van der Waals surface area (Å²) in [7, 11) is 0. The van der Waals surface area contributed by atoms with Gasteiger partial charge in [-0.25, -0.2) is 0 Å². The van der Waals surface area contributed by atoms with Gasteiger partial charge in [0, 0.05) is 29.7 Å². The molecule has 1 heterocycles. The van der Waals surface area contributed by atoms with Gasteiger partial charge < -0.3 is 16.0 Å². The van der Waals surface area contributed by atoms with Crippen LogP contribution in [0.5, 0.6) is 0 Å². The second-order valence-electron chi connectivity index (χ2n) is 13.3. The Morgan fingerprint density at radius 1 is 0.811 bits per heavy atom. The molecule has 2 unspecified atom stereocenters. The molecule has 3 heteroatoms. The fourth-order valence-electron chi connectivity index (χ4n) is 7.31. The van der Waals surface area contributed by atoms with Crippen LogP contribution in [-0.4, -0.2) is 36.3 Å². The Balaban J connectivity index is 1.41. The first-order valence-electron chi connectivity index (χ1n) is 15.1. The van der Waals surface area contributed by atoms with Crippen molar-refractivity contribution in [3.05, 3.63) is 60.2 Å². The molecule has 1 saturated heterocycles. The van der Waals surface area contributed by atoms with Crippen molar-refractivity contribution in [3.63, 3.8) is 0 Å². The van der Waals surface area contributed by atoms with E-state index in [0.717, 1.165) is 31.3 Å². The lowest BCUT2D eigenvalue weighted by atomic mass is 9.78. The Morgan fingerprint density at radius 2 is 1.43 bits per heavy atom. The van der Waals surface area contributed by atoms with Gasteiger partial charge in [-0.05, 0) is 82.0 Å². The topological polar surface area (TPSA) is 36.1 Å². The maximum atomic E-state index is 4.07. The second kappa shape index (κ2) is 12.9. The van der Waals surface area contributed by atoms with E-state index in [1.54, 1.807) is 0 Å². The third kappa shape index (κ3) is 8.67. The van der Waals surface area contributed by atoms with Crippen LogP contribution in [0.15, 0.2) is 54.6 Å². The van der Waals surface area contributed by atoms with Gasteiger partial charge in [-0.1, -0.05) is 100 Å². The largest absolute Gasteiger partial charge is 0.312 e. The van der Waals surface area contributed by atoms with Gasteiger partial charge in [0.1, 0.15) is 0 Å². The Bertz CT molecular complexity index is 911. The number of rotatable bonds is 11. The fourth-order valence-corrected chi connectivity index (χ4v) is 7.31. The summed E-state index contributed by atoms with van der Waals surface area (Å²) >= 11 is 0. The average Bonchev–Trinajstić information content (AvgIpc) is 2.87. The molecule has 1 saturated carbocycles. The lowest BCUT2D eigenvalue weighted by Crippen LogP contribution is -2.62. The van der Waals surface area contributed by atoms with Gasteiger partial charge in [0.2, 0.25) is 0 Å². The van der Waals surface area contributed by atoms with E-state index in [1.807, 2.05) is 0 Å². The predicted molar refractivity (Wildman–Crippen MR) is 160 cm³/mol. The molecular weight excluding hydrogens is 450 g/mol. The van der Waals surface area contributed by atoms with Crippen LogP contribution in [0.4, 0.5) is 0 Å². The molecule has 0 spiro atoms. The Kier molecular flexibility index (Phi) is 9.89. The first-order valence-corrected chi connectivity index (χ1v) is 15.1. The highest BCUT2D eigenvalue weighted by atomic mass is 15.1. The van der Waals surface area contributed by atoms with Crippen molar-refractivity contribution in [1.29, 1.82) is 0 Å². The summed E-state index contributed by atoms with van der Waals surface area (Å²) in [5.41, 5.74) is 4.36. The van der Waals surface area contributed by atoms with Crippen molar-refractivity contribution in [3.8, 4) is 11.1 Å². The van der Waals surface area contributed by atoms with Crippen LogP contribution in [0.2, 0.25) is 0 Å². The summed E-state index contributed by atoms with van der Waals surface area (Å²) in [5, 5.41) is 11.9. The highest BCUT2D eigenvalue weighted by molar-refractivity contribution is 5.63. The molecule has 0 amide bonds.